The van der Waals surface area contributed by atoms with E-state index in [0.717, 1.165) is 16.7 Å². The van der Waals surface area contributed by atoms with Crippen molar-refractivity contribution in [2.24, 2.45) is 0 Å². The van der Waals surface area contributed by atoms with Crippen LogP contribution in [0.3, 0.4) is 0 Å². The lowest BCUT2D eigenvalue weighted by atomic mass is 9.80. The van der Waals surface area contributed by atoms with E-state index < -0.39 is 8.60 Å². The third-order valence-corrected chi connectivity index (χ3v) is 4.45. The maximum absolute atomic E-state index is 13.4. The summed E-state index contributed by atoms with van der Waals surface area (Å²) in [5.41, 5.74) is 3.63. The third kappa shape index (κ3) is 5.03. The van der Waals surface area contributed by atoms with Gasteiger partial charge in [0.15, 0.2) is 11.6 Å². The quantitative estimate of drug-likeness (QED) is 0.441. The summed E-state index contributed by atoms with van der Waals surface area (Å²) in [6, 6.07) is 28.1. The molecule has 3 aromatic rings. The molecule has 5 nitrogen and oxygen atoms in total. The highest BCUT2D eigenvalue weighted by atomic mass is 31.2. The van der Waals surface area contributed by atoms with Crippen LogP contribution in [-0.2, 0) is 9.59 Å². The van der Waals surface area contributed by atoms with Crippen LogP contribution in [0.4, 0.5) is 0 Å². The summed E-state index contributed by atoms with van der Waals surface area (Å²) >= 11 is 0. The van der Waals surface area contributed by atoms with Crippen molar-refractivity contribution in [3.63, 3.8) is 0 Å². The number of carbonyl (C=O) groups is 2. The summed E-state index contributed by atoms with van der Waals surface area (Å²) in [4.78, 5) is 48.1. The Morgan fingerprint density at radius 2 is 0.900 bits per heavy atom. The fraction of sp³-hybridized carbons (Fsp3) is 0. The Hall–Kier alpha value is -3.21. The first-order chi connectivity index (χ1) is 14.5. The molecule has 150 valence electrons. The van der Waals surface area contributed by atoms with Crippen LogP contribution in [0.2, 0.25) is 0 Å². The van der Waals surface area contributed by atoms with E-state index in [4.69, 9.17) is 14.7 Å². The van der Waals surface area contributed by atoms with Gasteiger partial charge in [-0.2, -0.15) is 0 Å². The van der Waals surface area contributed by atoms with E-state index in [2.05, 4.69) is 0 Å². The predicted molar refractivity (Wildman–Crippen MR) is 118 cm³/mol. The highest BCUT2D eigenvalue weighted by molar-refractivity contribution is 7.38. The Labute approximate surface area is 175 Å². The topological polar surface area (TPSA) is 94.8 Å². The molecule has 3 N–H and O–H groups in total. The van der Waals surface area contributed by atoms with E-state index in [-0.39, 0.29) is 11.6 Å². The Morgan fingerprint density at radius 3 is 1.33 bits per heavy atom. The molecule has 6 heteroatoms. The minimum Gasteiger partial charge on any atom is -0.328 e. The van der Waals surface area contributed by atoms with Crippen LogP contribution >= 0.6 is 8.60 Å². The number of benzene rings is 3. The van der Waals surface area contributed by atoms with Crippen molar-refractivity contribution in [2.75, 3.05) is 0 Å². The number of rotatable bonds is 3. The first-order valence-electron chi connectivity index (χ1n) is 9.07. The van der Waals surface area contributed by atoms with Gasteiger partial charge in [-0.15, -0.1) is 0 Å². The van der Waals surface area contributed by atoms with Crippen LogP contribution in [0.1, 0.15) is 16.7 Å². The highest BCUT2D eigenvalue weighted by Gasteiger charge is 2.30. The van der Waals surface area contributed by atoms with Gasteiger partial charge in [0.05, 0.1) is 0 Å². The molecule has 0 saturated heterocycles. The second kappa shape index (κ2) is 10.0. The predicted octanol–water partition coefficient (Wildman–Crippen LogP) is 4.02. The van der Waals surface area contributed by atoms with Gasteiger partial charge in [0.2, 0.25) is 0 Å². The number of ketones is 2. The summed E-state index contributed by atoms with van der Waals surface area (Å²) < 4.78 is 0. The summed E-state index contributed by atoms with van der Waals surface area (Å²) in [6.07, 6.45) is 1.46. The zero-order valence-electron chi connectivity index (χ0n) is 15.8. The molecular formula is C24H19O5P. The Balaban J connectivity index is 0.000000589. The molecule has 0 aromatic heterocycles. The van der Waals surface area contributed by atoms with Crippen LogP contribution in [0, 0.1) is 0 Å². The zero-order valence-corrected chi connectivity index (χ0v) is 16.7. The summed E-state index contributed by atoms with van der Waals surface area (Å²) in [5, 5.41) is 0. The average molecular weight is 418 g/mol. The standard InChI is InChI=1S/C24H16O2.H3O3P/c25-21-16-20(17-10-4-1-5-11-17)24(26)23(19-14-8-3-9-15-19)22(21)18-12-6-2-7-13-18;1-4(2)3/h1-16H;1-3H. The lowest BCUT2D eigenvalue weighted by Gasteiger charge is -2.20. The van der Waals surface area contributed by atoms with Crippen LogP contribution in [0.25, 0.3) is 16.7 Å². The SMILES string of the molecule is O=C1C=C(c2ccccc2)C(=O)C(c2ccccc2)=C1c1ccccc1.OP(O)O. The molecule has 0 aliphatic heterocycles. The van der Waals surface area contributed by atoms with E-state index in [9.17, 15) is 9.59 Å². The number of carbonyl (C=O) groups excluding carboxylic acids is 2. The van der Waals surface area contributed by atoms with Crippen LogP contribution in [0.15, 0.2) is 97.1 Å². The van der Waals surface area contributed by atoms with E-state index >= 15 is 0 Å². The van der Waals surface area contributed by atoms with Crippen LogP contribution < -0.4 is 0 Å². The molecular weight excluding hydrogens is 399 g/mol. The fourth-order valence-corrected chi connectivity index (χ4v) is 3.24. The van der Waals surface area contributed by atoms with Gasteiger partial charge in [-0.1, -0.05) is 91.0 Å². The van der Waals surface area contributed by atoms with E-state index in [1.54, 1.807) is 0 Å². The molecule has 30 heavy (non-hydrogen) atoms. The molecule has 0 unspecified atom stereocenters. The van der Waals surface area contributed by atoms with E-state index in [0.29, 0.717) is 16.7 Å². The Morgan fingerprint density at radius 1 is 0.533 bits per heavy atom. The molecule has 4 rings (SSSR count). The van der Waals surface area contributed by atoms with Crippen molar-refractivity contribution in [3.8, 4) is 0 Å². The summed E-state index contributed by atoms with van der Waals surface area (Å²) in [5.74, 6) is -0.269. The normalized spacial score (nSPS) is 13.7. The minimum atomic E-state index is -2.62. The summed E-state index contributed by atoms with van der Waals surface area (Å²) in [7, 11) is -2.62. The van der Waals surface area contributed by atoms with Crippen molar-refractivity contribution in [3.05, 3.63) is 114 Å². The first-order valence-corrected chi connectivity index (χ1v) is 10.3. The van der Waals surface area contributed by atoms with Crippen LogP contribution in [0.5, 0.6) is 0 Å². The molecule has 0 atom stereocenters. The molecule has 0 saturated carbocycles. The van der Waals surface area contributed by atoms with E-state index in [1.807, 2.05) is 91.0 Å². The Bertz CT molecular complexity index is 1090. The van der Waals surface area contributed by atoms with Crippen molar-refractivity contribution in [1.29, 1.82) is 0 Å². The lowest BCUT2D eigenvalue weighted by Crippen LogP contribution is -2.17. The van der Waals surface area contributed by atoms with Crippen LogP contribution in [-0.4, -0.2) is 26.2 Å². The lowest BCUT2D eigenvalue weighted by molar-refractivity contribution is -0.112. The van der Waals surface area contributed by atoms with Crippen molar-refractivity contribution in [2.45, 2.75) is 0 Å². The van der Waals surface area contributed by atoms with Crippen molar-refractivity contribution < 1.29 is 24.3 Å². The largest absolute Gasteiger partial charge is 0.328 e. The molecule has 0 radical (unpaired) electrons. The number of Topliss-reactive ketones (excluding diaryl/α,β-unsaturated/α-hetero) is 1. The monoisotopic (exact) mass is 418 g/mol. The van der Waals surface area contributed by atoms with Gasteiger partial charge in [0, 0.05) is 16.7 Å². The average Bonchev–Trinajstić information content (AvgIpc) is 2.76. The number of hydrogen-bond acceptors (Lipinski definition) is 5. The smallest absolute Gasteiger partial charge is 0.324 e. The third-order valence-electron chi connectivity index (χ3n) is 4.45. The molecule has 0 fully saturated rings. The van der Waals surface area contributed by atoms with Crippen molar-refractivity contribution >= 4 is 36.9 Å². The summed E-state index contributed by atoms with van der Waals surface area (Å²) in [6.45, 7) is 0. The maximum Gasteiger partial charge on any atom is 0.324 e. The fourth-order valence-electron chi connectivity index (χ4n) is 3.24. The molecule has 0 heterocycles. The van der Waals surface area contributed by atoms with Gasteiger partial charge in [0.1, 0.15) is 0 Å². The van der Waals surface area contributed by atoms with Gasteiger partial charge >= 0.3 is 8.60 Å². The second-order valence-corrected chi connectivity index (χ2v) is 6.90. The molecule has 1 aliphatic carbocycles. The molecule has 3 aromatic carbocycles. The molecule has 0 bridgehead atoms. The molecule has 0 amide bonds. The number of allylic oxidation sites excluding steroid dienone is 4. The van der Waals surface area contributed by atoms with Gasteiger partial charge in [-0.25, -0.2) is 0 Å². The van der Waals surface area contributed by atoms with E-state index in [1.165, 1.54) is 6.08 Å². The molecule has 0 spiro atoms. The second-order valence-electron chi connectivity index (χ2n) is 6.37. The van der Waals surface area contributed by atoms with Gasteiger partial charge < -0.3 is 14.7 Å². The Kier molecular flexibility index (Phi) is 7.17. The zero-order chi connectivity index (χ0) is 21.5. The van der Waals surface area contributed by atoms with Gasteiger partial charge in [-0.3, -0.25) is 9.59 Å². The van der Waals surface area contributed by atoms with Crippen molar-refractivity contribution in [1.82, 2.24) is 0 Å². The highest BCUT2D eigenvalue weighted by Crippen LogP contribution is 2.36. The first kappa shape index (κ1) is 21.5. The van der Waals surface area contributed by atoms with Gasteiger partial charge in [0.25, 0.3) is 0 Å². The van der Waals surface area contributed by atoms with Gasteiger partial charge in [-0.05, 0) is 22.8 Å². The molecule has 1 aliphatic rings. The minimum absolute atomic E-state index is 0.124. The maximum atomic E-state index is 13.4. The number of hydrogen-bond donors (Lipinski definition) is 3.